The van der Waals surface area contributed by atoms with Crippen molar-refractivity contribution in [2.45, 2.75) is 50.2 Å². The summed E-state index contributed by atoms with van der Waals surface area (Å²) in [6, 6.07) is 31.2. The summed E-state index contributed by atoms with van der Waals surface area (Å²) in [5, 5.41) is 0. The molecule has 3 aromatic rings. The average molecular weight is 417 g/mol. The molecule has 4 heteroatoms. The fourth-order valence-electron chi connectivity index (χ4n) is 4.68. The van der Waals surface area contributed by atoms with E-state index in [-0.39, 0.29) is 18.5 Å². The van der Waals surface area contributed by atoms with E-state index < -0.39 is 11.4 Å². The molecule has 2 fully saturated rings. The number of benzene rings is 3. The van der Waals surface area contributed by atoms with Gasteiger partial charge in [0, 0.05) is 6.42 Å². The van der Waals surface area contributed by atoms with Gasteiger partial charge >= 0.3 is 0 Å². The molecular formula is C27H28O4. The van der Waals surface area contributed by atoms with Crippen molar-refractivity contribution in [1.82, 2.24) is 0 Å². The first-order valence-corrected chi connectivity index (χ1v) is 10.9. The highest BCUT2D eigenvalue weighted by atomic mass is 16.8. The molecule has 2 saturated heterocycles. The van der Waals surface area contributed by atoms with Crippen molar-refractivity contribution in [3.05, 3.63) is 108 Å². The van der Waals surface area contributed by atoms with Crippen molar-refractivity contribution in [2.24, 2.45) is 0 Å². The van der Waals surface area contributed by atoms with E-state index in [0.29, 0.717) is 6.61 Å². The first kappa shape index (κ1) is 20.4. The van der Waals surface area contributed by atoms with Crippen LogP contribution in [0.3, 0.4) is 0 Å². The summed E-state index contributed by atoms with van der Waals surface area (Å²) < 4.78 is 24.9. The van der Waals surface area contributed by atoms with Crippen LogP contribution >= 0.6 is 0 Å². The summed E-state index contributed by atoms with van der Waals surface area (Å²) in [5.41, 5.74) is 2.50. The summed E-state index contributed by atoms with van der Waals surface area (Å²) in [6.07, 6.45) is 0.274. The second-order valence-electron chi connectivity index (χ2n) is 8.63. The normalized spacial score (nSPS) is 24.8. The Bertz CT molecular complexity index is 875. The Morgan fingerprint density at radius 2 is 1.26 bits per heavy atom. The van der Waals surface area contributed by atoms with Crippen molar-refractivity contribution in [1.29, 1.82) is 0 Å². The number of ether oxygens (including phenoxy) is 4. The zero-order chi connectivity index (χ0) is 21.3. The van der Waals surface area contributed by atoms with Crippen LogP contribution < -0.4 is 0 Å². The van der Waals surface area contributed by atoms with Gasteiger partial charge in [-0.3, -0.25) is 0 Å². The molecule has 0 aliphatic carbocycles. The van der Waals surface area contributed by atoms with Crippen molar-refractivity contribution < 1.29 is 18.9 Å². The lowest BCUT2D eigenvalue weighted by molar-refractivity contribution is -0.212. The van der Waals surface area contributed by atoms with Gasteiger partial charge in [0.1, 0.15) is 11.7 Å². The lowest BCUT2D eigenvalue weighted by atomic mass is 9.80. The third-order valence-corrected chi connectivity index (χ3v) is 5.99. The molecule has 2 aliphatic rings. The van der Waals surface area contributed by atoms with Gasteiger partial charge in [0.2, 0.25) is 0 Å². The molecule has 0 radical (unpaired) electrons. The third-order valence-electron chi connectivity index (χ3n) is 5.99. The molecule has 0 amide bonds. The van der Waals surface area contributed by atoms with E-state index in [2.05, 4.69) is 72.8 Å². The maximum absolute atomic E-state index is 6.85. The van der Waals surface area contributed by atoms with Gasteiger partial charge in [-0.05, 0) is 30.5 Å². The quantitative estimate of drug-likeness (QED) is 0.514. The van der Waals surface area contributed by atoms with E-state index >= 15 is 0 Å². The van der Waals surface area contributed by atoms with Crippen molar-refractivity contribution in [3.8, 4) is 0 Å². The molecule has 4 nitrogen and oxygen atoms in total. The predicted molar refractivity (Wildman–Crippen MR) is 118 cm³/mol. The van der Waals surface area contributed by atoms with E-state index in [4.69, 9.17) is 18.9 Å². The zero-order valence-electron chi connectivity index (χ0n) is 17.9. The maximum atomic E-state index is 6.85. The minimum Gasteiger partial charge on any atom is -0.358 e. The fraction of sp³-hybridized carbons (Fsp3) is 0.333. The monoisotopic (exact) mass is 416 g/mol. The highest BCUT2D eigenvalue weighted by Crippen LogP contribution is 2.42. The van der Waals surface area contributed by atoms with Gasteiger partial charge in [-0.1, -0.05) is 91.0 Å². The molecule has 3 atom stereocenters. The second kappa shape index (κ2) is 8.21. The van der Waals surface area contributed by atoms with Crippen molar-refractivity contribution >= 4 is 0 Å². The Balaban J connectivity index is 1.49. The van der Waals surface area contributed by atoms with Crippen LogP contribution in [0.15, 0.2) is 91.0 Å². The van der Waals surface area contributed by atoms with Crippen LogP contribution in [0, 0.1) is 0 Å². The third kappa shape index (κ3) is 3.92. The van der Waals surface area contributed by atoms with Crippen LogP contribution in [-0.4, -0.2) is 30.9 Å². The first-order chi connectivity index (χ1) is 15.1. The van der Waals surface area contributed by atoms with E-state index in [1.165, 1.54) is 0 Å². The Kier molecular flexibility index (Phi) is 5.40. The van der Waals surface area contributed by atoms with Crippen molar-refractivity contribution in [2.75, 3.05) is 6.61 Å². The molecule has 5 rings (SSSR count). The Labute approximate surface area is 183 Å². The molecule has 0 spiro atoms. The van der Waals surface area contributed by atoms with E-state index in [1.54, 1.807) is 0 Å². The molecular weight excluding hydrogens is 388 g/mol. The predicted octanol–water partition coefficient (Wildman–Crippen LogP) is 5.26. The van der Waals surface area contributed by atoms with Gasteiger partial charge in [0.25, 0.3) is 0 Å². The van der Waals surface area contributed by atoms with E-state index in [0.717, 1.165) is 23.1 Å². The molecule has 160 valence electrons. The van der Waals surface area contributed by atoms with Crippen LogP contribution in [0.4, 0.5) is 0 Å². The first-order valence-electron chi connectivity index (χ1n) is 10.9. The molecule has 2 aliphatic heterocycles. The second-order valence-corrected chi connectivity index (χ2v) is 8.63. The van der Waals surface area contributed by atoms with Crippen molar-refractivity contribution in [3.63, 3.8) is 0 Å². The van der Waals surface area contributed by atoms with Gasteiger partial charge in [-0.15, -0.1) is 0 Å². The topological polar surface area (TPSA) is 36.9 Å². The van der Waals surface area contributed by atoms with Crippen LogP contribution in [0.1, 0.15) is 37.0 Å². The summed E-state index contributed by atoms with van der Waals surface area (Å²) in [5.74, 6) is -0.594. The highest BCUT2D eigenvalue weighted by molar-refractivity contribution is 5.47. The Morgan fingerprint density at radius 3 is 1.71 bits per heavy atom. The lowest BCUT2D eigenvalue weighted by Crippen LogP contribution is -2.36. The number of hydrogen-bond acceptors (Lipinski definition) is 4. The Morgan fingerprint density at radius 1 is 0.774 bits per heavy atom. The van der Waals surface area contributed by atoms with Gasteiger partial charge in [-0.25, -0.2) is 0 Å². The SMILES string of the molecule is CC1(C)O[C@H]2O[C@H](COC(c3ccccc3)(c3ccccc3)c3ccccc3)C[C@H]2O1. The summed E-state index contributed by atoms with van der Waals surface area (Å²) in [4.78, 5) is 0. The molecule has 3 aromatic carbocycles. The van der Waals surface area contributed by atoms with Crippen LogP contribution in [0.2, 0.25) is 0 Å². The van der Waals surface area contributed by atoms with Gasteiger partial charge in [0.15, 0.2) is 12.1 Å². The van der Waals surface area contributed by atoms with Gasteiger partial charge in [-0.2, -0.15) is 0 Å². The zero-order valence-corrected chi connectivity index (χ0v) is 17.9. The molecule has 0 bridgehead atoms. The minimum absolute atomic E-state index is 0.0526. The number of rotatable bonds is 6. The smallest absolute Gasteiger partial charge is 0.187 e. The molecule has 0 saturated carbocycles. The highest BCUT2D eigenvalue weighted by Gasteiger charge is 2.49. The molecule has 31 heavy (non-hydrogen) atoms. The van der Waals surface area contributed by atoms with Crippen LogP contribution in [0.5, 0.6) is 0 Å². The summed E-state index contributed by atoms with van der Waals surface area (Å²) in [7, 11) is 0. The standard InChI is InChI=1S/C27H28O4/c1-26(2)30-24-18-23(29-25(24)31-26)19-28-27(20-12-6-3-7-13-20,21-14-8-4-9-15-21)22-16-10-5-11-17-22/h3-17,23-25H,18-19H2,1-2H3/t23-,24+,25+/m0/s1. The van der Waals surface area contributed by atoms with Crippen LogP contribution in [0.25, 0.3) is 0 Å². The Hall–Kier alpha value is -2.50. The fourth-order valence-corrected chi connectivity index (χ4v) is 4.68. The number of hydrogen-bond donors (Lipinski definition) is 0. The molecule has 0 unspecified atom stereocenters. The summed E-state index contributed by atoms with van der Waals surface area (Å²) >= 11 is 0. The minimum atomic E-state index is -0.744. The largest absolute Gasteiger partial charge is 0.358 e. The average Bonchev–Trinajstić information content (AvgIpc) is 3.29. The van der Waals surface area contributed by atoms with Gasteiger partial charge < -0.3 is 18.9 Å². The lowest BCUT2D eigenvalue weighted by Gasteiger charge is -2.36. The van der Waals surface area contributed by atoms with E-state index in [1.807, 2.05) is 32.0 Å². The van der Waals surface area contributed by atoms with Gasteiger partial charge in [0.05, 0.1) is 12.7 Å². The molecule has 2 heterocycles. The van der Waals surface area contributed by atoms with E-state index in [9.17, 15) is 0 Å². The maximum Gasteiger partial charge on any atom is 0.187 e. The molecule has 0 aromatic heterocycles. The summed E-state index contributed by atoms with van der Waals surface area (Å²) in [6.45, 7) is 4.27. The number of fused-ring (bicyclic) bond motifs is 1. The van der Waals surface area contributed by atoms with Crippen LogP contribution in [-0.2, 0) is 24.5 Å². The molecule has 0 N–H and O–H groups in total.